The molecule has 1 heterocycles. The first-order chi connectivity index (χ1) is 6.86. The first-order valence-corrected chi connectivity index (χ1v) is 5.91. The number of unbranched alkanes of at least 4 members (excludes halogenated alkanes) is 3. The van der Waals surface area contributed by atoms with Gasteiger partial charge >= 0.3 is 0 Å². The van der Waals surface area contributed by atoms with Crippen molar-refractivity contribution in [3.8, 4) is 0 Å². The Kier molecular flexibility index (Phi) is 8.77. The summed E-state index contributed by atoms with van der Waals surface area (Å²) in [5.41, 5.74) is 0. The maximum absolute atomic E-state index is 2.30. The van der Waals surface area contributed by atoms with E-state index in [1.54, 1.807) is 0 Å². The molecule has 88 valence electrons. The third-order valence-corrected chi connectivity index (χ3v) is 2.54. The van der Waals surface area contributed by atoms with Gasteiger partial charge < -0.3 is 17.0 Å². The van der Waals surface area contributed by atoms with Gasteiger partial charge in [0.2, 0.25) is 6.33 Å². The molecule has 0 aliphatic carbocycles. The Morgan fingerprint density at radius 2 is 1.80 bits per heavy atom. The van der Waals surface area contributed by atoms with E-state index in [9.17, 15) is 0 Å². The van der Waals surface area contributed by atoms with Crippen molar-refractivity contribution in [2.45, 2.75) is 59.0 Å². The molecule has 0 unspecified atom stereocenters. The highest BCUT2D eigenvalue weighted by molar-refractivity contribution is 4.65. The average Bonchev–Trinajstić information content (AvgIpc) is 2.63. The van der Waals surface area contributed by atoms with Crippen LogP contribution in [0.1, 0.15) is 46.0 Å². The molecule has 0 atom stereocenters. The molecule has 0 fully saturated rings. The Balaban J connectivity index is 0.00000196. The highest BCUT2D eigenvalue weighted by atomic mass is 79.9. The number of nitrogens with zero attached hydrogens (tertiary/aromatic N) is 2. The van der Waals surface area contributed by atoms with Gasteiger partial charge in [-0.05, 0) is 19.3 Å². The van der Waals surface area contributed by atoms with E-state index in [0.29, 0.717) is 0 Å². The Labute approximate surface area is 104 Å². The lowest BCUT2D eigenvalue weighted by molar-refractivity contribution is -0.696. The van der Waals surface area contributed by atoms with E-state index in [4.69, 9.17) is 0 Å². The summed E-state index contributed by atoms with van der Waals surface area (Å²) in [5, 5.41) is 0. The molecule has 0 saturated heterocycles. The van der Waals surface area contributed by atoms with Crippen molar-refractivity contribution < 1.29 is 21.5 Å². The number of rotatable bonds is 7. The van der Waals surface area contributed by atoms with Crippen molar-refractivity contribution in [2.24, 2.45) is 0 Å². The molecule has 0 saturated carbocycles. The Morgan fingerprint density at radius 3 is 2.47 bits per heavy atom. The van der Waals surface area contributed by atoms with Gasteiger partial charge in [-0.2, -0.15) is 0 Å². The smallest absolute Gasteiger partial charge is 0.243 e. The lowest BCUT2D eigenvalue weighted by Crippen LogP contribution is -3.00. The monoisotopic (exact) mass is 274 g/mol. The second kappa shape index (κ2) is 8.96. The van der Waals surface area contributed by atoms with Gasteiger partial charge in [0, 0.05) is 0 Å². The Hall–Kier alpha value is -0.310. The number of aryl methyl sites for hydroxylation is 2. The number of aromatic nitrogens is 2. The molecule has 0 aliphatic rings. The van der Waals surface area contributed by atoms with Crippen LogP contribution in [0.2, 0.25) is 0 Å². The van der Waals surface area contributed by atoms with Crippen LogP contribution in [0, 0.1) is 0 Å². The second-order valence-corrected chi connectivity index (χ2v) is 3.95. The number of hydrogen-bond donors (Lipinski definition) is 0. The molecule has 1 rings (SSSR count). The zero-order valence-electron chi connectivity index (χ0n) is 9.95. The summed E-state index contributed by atoms with van der Waals surface area (Å²) in [6.07, 6.45) is 13.1. The molecule has 15 heavy (non-hydrogen) atoms. The average molecular weight is 275 g/mol. The van der Waals surface area contributed by atoms with Crippen LogP contribution in [0.15, 0.2) is 18.7 Å². The molecular formula is C12H23BrN2. The standard InChI is InChI=1S/C12H23N2.BrH/c1-3-5-7-9-14-11-10-13(12-14)8-6-4-2;/h10-12H,3-9H2,1-2H3;1H/q+1;/p-1. The van der Waals surface area contributed by atoms with Gasteiger partial charge in [0.1, 0.15) is 12.4 Å². The fraction of sp³-hybridized carbons (Fsp3) is 0.750. The molecule has 3 heteroatoms. The van der Waals surface area contributed by atoms with Crippen LogP contribution in [0.4, 0.5) is 0 Å². The van der Waals surface area contributed by atoms with Crippen LogP contribution in [0.5, 0.6) is 0 Å². The van der Waals surface area contributed by atoms with E-state index in [1.165, 1.54) is 38.6 Å². The lowest BCUT2D eigenvalue weighted by atomic mass is 10.2. The van der Waals surface area contributed by atoms with Crippen LogP contribution in [0.25, 0.3) is 0 Å². The molecule has 0 aliphatic heterocycles. The fourth-order valence-corrected chi connectivity index (χ4v) is 1.59. The van der Waals surface area contributed by atoms with Gasteiger partial charge in [-0.15, -0.1) is 0 Å². The largest absolute Gasteiger partial charge is 1.00 e. The van der Waals surface area contributed by atoms with Crippen LogP contribution < -0.4 is 21.5 Å². The van der Waals surface area contributed by atoms with E-state index in [2.05, 4.69) is 41.7 Å². The topological polar surface area (TPSA) is 8.81 Å². The van der Waals surface area contributed by atoms with Gasteiger partial charge in [-0.25, -0.2) is 9.13 Å². The highest BCUT2D eigenvalue weighted by Crippen LogP contribution is 1.95. The molecule has 1 aromatic rings. The zero-order chi connectivity index (χ0) is 10.2. The fourth-order valence-electron chi connectivity index (χ4n) is 1.59. The van der Waals surface area contributed by atoms with Crippen molar-refractivity contribution in [3.05, 3.63) is 18.7 Å². The SMILES string of the molecule is CCCCC[n+]1ccn(CCCC)c1.[Br-]. The second-order valence-electron chi connectivity index (χ2n) is 3.95. The third kappa shape index (κ3) is 5.98. The Morgan fingerprint density at radius 1 is 1.07 bits per heavy atom. The van der Waals surface area contributed by atoms with E-state index in [0.717, 1.165) is 6.54 Å². The summed E-state index contributed by atoms with van der Waals surface area (Å²) in [7, 11) is 0. The molecule has 0 radical (unpaired) electrons. The number of halogens is 1. The minimum absolute atomic E-state index is 0. The molecule has 0 N–H and O–H groups in total. The lowest BCUT2D eigenvalue weighted by Gasteiger charge is -1.95. The van der Waals surface area contributed by atoms with Gasteiger partial charge in [0.25, 0.3) is 0 Å². The third-order valence-electron chi connectivity index (χ3n) is 2.54. The van der Waals surface area contributed by atoms with Crippen LogP contribution in [-0.4, -0.2) is 4.57 Å². The Bertz CT molecular complexity index is 246. The molecule has 0 amide bonds. The first kappa shape index (κ1) is 14.7. The summed E-state index contributed by atoms with van der Waals surface area (Å²) in [5.74, 6) is 0. The number of imidazole rings is 1. The quantitative estimate of drug-likeness (QED) is 0.480. The van der Waals surface area contributed by atoms with Crippen molar-refractivity contribution in [1.82, 2.24) is 4.57 Å². The highest BCUT2D eigenvalue weighted by Gasteiger charge is 2.01. The van der Waals surface area contributed by atoms with Gasteiger partial charge in [0.05, 0.1) is 13.1 Å². The van der Waals surface area contributed by atoms with Crippen LogP contribution in [0.3, 0.4) is 0 Å². The van der Waals surface area contributed by atoms with E-state index in [1.807, 2.05) is 0 Å². The minimum atomic E-state index is 0. The minimum Gasteiger partial charge on any atom is -1.00 e. The van der Waals surface area contributed by atoms with Crippen molar-refractivity contribution >= 4 is 0 Å². The van der Waals surface area contributed by atoms with Crippen molar-refractivity contribution in [2.75, 3.05) is 0 Å². The van der Waals surface area contributed by atoms with Gasteiger partial charge in [-0.3, -0.25) is 0 Å². The zero-order valence-corrected chi connectivity index (χ0v) is 11.5. The summed E-state index contributed by atoms with van der Waals surface area (Å²) in [6, 6.07) is 0. The maximum Gasteiger partial charge on any atom is 0.243 e. The van der Waals surface area contributed by atoms with Gasteiger partial charge in [0.15, 0.2) is 0 Å². The van der Waals surface area contributed by atoms with Crippen molar-refractivity contribution in [1.29, 1.82) is 0 Å². The summed E-state index contributed by atoms with van der Waals surface area (Å²) in [6.45, 7) is 6.82. The molecule has 0 aromatic carbocycles. The van der Waals surface area contributed by atoms with E-state index in [-0.39, 0.29) is 17.0 Å². The summed E-state index contributed by atoms with van der Waals surface area (Å²) < 4.78 is 4.58. The van der Waals surface area contributed by atoms with Crippen LogP contribution in [-0.2, 0) is 13.1 Å². The van der Waals surface area contributed by atoms with Crippen molar-refractivity contribution in [3.63, 3.8) is 0 Å². The molecule has 1 aromatic heterocycles. The van der Waals surface area contributed by atoms with Gasteiger partial charge in [-0.1, -0.05) is 26.7 Å². The van der Waals surface area contributed by atoms with E-state index < -0.39 is 0 Å². The predicted molar refractivity (Wildman–Crippen MR) is 59.1 cm³/mol. The molecular weight excluding hydrogens is 252 g/mol. The normalized spacial score (nSPS) is 10.0. The first-order valence-electron chi connectivity index (χ1n) is 5.91. The van der Waals surface area contributed by atoms with Crippen LogP contribution >= 0.6 is 0 Å². The number of hydrogen-bond acceptors (Lipinski definition) is 0. The molecule has 0 spiro atoms. The summed E-state index contributed by atoms with van der Waals surface area (Å²) in [4.78, 5) is 0. The maximum atomic E-state index is 2.30. The molecule has 0 bridgehead atoms. The predicted octanol–water partition coefficient (Wildman–Crippen LogP) is -0.230. The van der Waals surface area contributed by atoms with E-state index >= 15 is 0 Å². The molecule has 2 nitrogen and oxygen atoms in total. The summed E-state index contributed by atoms with van der Waals surface area (Å²) >= 11 is 0.